The molecule has 0 atom stereocenters. The maximum atomic E-state index is 5.34. The van der Waals surface area contributed by atoms with Crippen LogP contribution < -0.4 is 20.7 Å². The molecule has 0 unspecified atom stereocenters. The Morgan fingerprint density at radius 2 is 1.91 bits per heavy atom. The van der Waals surface area contributed by atoms with Gasteiger partial charge in [-0.25, -0.2) is 4.98 Å². The molecule has 0 saturated heterocycles. The molecule has 0 bridgehead atoms. The van der Waals surface area contributed by atoms with Gasteiger partial charge in [0.15, 0.2) is 0 Å². The van der Waals surface area contributed by atoms with E-state index in [4.69, 9.17) is 14.7 Å². The molecule has 4 aromatic rings. The third kappa shape index (κ3) is 4.00. The number of ether oxygens (including phenoxy) is 1. The van der Waals surface area contributed by atoms with E-state index in [0.29, 0.717) is 12.3 Å². The fraction of sp³-hybridized carbons (Fsp3) is 0.154. The monoisotopic (exact) mass is 481 g/mol. The quantitative estimate of drug-likeness (QED) is 0.370. The second kappa shape index (κ2) is 8.84. The molecule has 174 valence electrons. The average Bonchev–Trinajstić information content (AvgIpc) is 3.22. The van der Waals surface area contributed by atoms with Crippen molar-refractivity contribution in [1.29, 1.82) is 0 Å². The third-order valence-electron chi connectivity index (χ3n) is 5.90. The molecule has 6 rings (SSSR count). The van der Waals surface area contributed by atoms with Crippen LogP contribution in [0, 0.1) is 6.92 Å². The number of hydrogen-bond acceptors (Lipinski definition) is 9. The van der Waals surface area contributed by atoms with Crippen LogP contribution in [-0.2, 0) is 0 Å². The van der Waals surface area contributed by atoms with E-state index in [1.807, 2.05) is 36.8 Å². The van der Waals surface area contributed by atoms with Crippen molar-refractivity contribution in [3.63, 3.8) is 0 Å². The highest BCUT2D eigenvalue weighted by Crippen LogP contribution is 2.39. The lowest BCUT2D eigenvalue weighted by Crippen LogP contribution is -2.20. The van der Waals surface area contributed by atoms with Crippen molar-refractivity contribution in [2.24, 2.45) is 4.99 Å². The zero-order valence-corrected chi connectivity index (χ0v) is 20.1. The molecule has 3 N–H and O–H groups in total. The molecule has 2 aliphatic heterocycles. The zero-order chi connectivity index (χ0) is 23.8. The van der Waals surface area contributed by atoms with Crippen LogP contribution in [-0.4, -0.2) is 40.9 Å². The first-order valence-corrected chi connectivity index (χ1v) is 12.1. The SMILES string of the molecule is COc1cncc(-c2ccc3c(n2)C(C2=CNc4c(cncc4-c4ccc(C)s4)N2)=NCCN3)c1. The topological polar surface area (TPSA) is 96.4 Å². The summed E-state index contributed by atoms with van der Waals surface area (Å²) < 4.78 is 5.34. The smallest absolute Gasteiger partial charge is 0.137 e. The van der Waals surface area contributed by atoms with Gasteiger partial charge in [0, 0.05) is 46.0 Å². The normalized spacial score (nSPS) is 14.2. The fourth-order valence-electron chi connectivity index (χ4n) is 4.19. The predicted octanol–water partition coefficient (Wildman–Crippen LogP) is 5.18. The van der Waals surface area contributed by atoms with Crippen LogP contribution in [0.15, 0.2) is 72.0 Å². The lowest BCUT2D eigenvalue weighted by atomic mass is 10.1. The van der Waals surface area contributed by atoms with E-state index in [2.05, 4.69) is 45.0 Å². The summed E-state index contributed by atoms with van der Waals surface area (Å²) in [6.45, 7) is 3.48. The van der Waals surface area contributed by atoms with Crippen LogP contribution >= 0.6 is 11.3 Å². The molecule has 0 fully saturated rings. The lowest BCUT2D eigenvalue weighted by Gasteiger charge is -2.23. The van der Waals surface area contributed by atoms with Gasteiger partial charge in [0.2, 0.25) is 0 Å². The van der Waals surface area contributed by atoms with Gasteiger partial charge in [-0.15, -0.1) is 11.3 Å². The molecule has 2 aliphatic rings. The van der Waals surface area contributed by atoms with Gasteiger partial charge in [-0.05, 0) is 37.3 Å². The number of nitrogens with zero attached hydrogens (tertiary/aromatic N) is 4. The standard InChI is InChI=1S/C26H23N7OS/c1-15-3-6-23(35-15)18-12-28-13-21-24(18)31-14-22(32-21)25-26-20(29-7-8-30-25)5-4-19(33-26)16-9-17(34-2)11-27-10-16/h3-6,9-14,29,31-32H,7-8H2,1-2H3. The van der Waals surface area contributed by atoms with Crippen LogP contribution in [0.5, 0.6) is 5.75 Å². The van der Waals surface area contributed by atoms with Crippen LogP contribution in [0.3, 0.4) is 0 Å². The van der Waals surface area contributed by atoms with Crippen molar-refractivity contribution < 1.29 is 4.74 Å². The molecule has 4 aromatic heterocycles. The molecule has 8 nitrogen and oxygen atoms in total. The van der Waals surface area contributed by atoms with Crippen molar-refractivity contribution in [3.05, 3.63) is 77.6 Å². The molecule has 0 spiro atoms. The summed E-state index contributed by atoms with van der Waals surface area (Å²) in [4.78, 5) is 21.1. The first-order chi connectivity index (χ1) is 17.2. The molecule has 0 aromatic carbocycles. The zero-order valence-electron chi connectivity index (χ0n) is 19.3. The number of pyridine rings is 3. The van der Waals surface area contributed by atoms with E-state index in [9.17, 15) is 0 Å². The molecule has 6 heterocycles. The summed E-state index contributed by atoms with van der Waals surface area (Å²) in [5, 5.41) is 10.5. The van der Waals surface area contributed by atoms with Gasteiger partial charge in [-0.2, -0.15) is 0 Å². The predicted molar refractivity (Wildman–Crippen MR) is 142 cm³/mol. The Morgan fingerprint density at radius 1 is 1.00 bits per heavy atom. The summed E-state index contributed by atoms with van der Waals surface area (Å²) in [6.07, 6.45) is 9.16. The minimum atomic E-state index is 0.639. The van der Waals surface area contributed by atoms with E-state index >= 15 is 0 Å². The number of rotatable bonds is 4. The Kier molecular flexibility index (Phi) is 5.38. The van der Waals surface area contributed by atoms with Gasteiger partial charge in [0.1, 0.15) is 17.2 Å². The summed E-state index contributed by atoms with van der Waals surface area (Å²) in [5.74, 6) is 0.688. The number of thiophene rings is 1. The third-order valence-corrected chi connectivity index (χ3v) is 6.93. The van der Waals surface area contributed by atoms with Gasteiger partial charge in [0.05, 0.1) is 54.5 Å². The van der Waals surface area contributed by atoms with E-state index in [-0.39, 0.29) is 0 Å². The van der Waals surface area contributed by atoms with Crippen molar-refractivity contribution >= 4 is 34.1 Å². The lowest BCUT2D eigenvalue weighted by molar-refractivity contribution is 0.413. The number of anilines is 3. The minimum absolute atomic E-state index is 0.639. The number of methoxy groups -OCH3 is 1. The molecule has 35 heavy (non-hydrogen) atoms. The number of aliphatic imine (C=N–C) groups is 1. The van der Waals surface area contributed by atoms with Gasteiger partial charge in [-0.3, -0.25) is 15.0 Å². The molecular weight excluding hydrogens is 458 g/mol. The van der Waals surface area contributed by atoms with Crippen molar-refractivity contribution in [1.82, 2.24) is 15.0 Å². The van der Waals surface area contributed by atoms with Gasteiger partial charge in [-0.1, -0.05) is 0 Å². The summed E-state index contributed by atoms with van der Waals surface area (Å²) in [6, 6.07) is 10.2. The van der Waals surface area contributed by atoms with Gasteiger partial charge in [0.25, 0.3) is 0 Å². The first-order valence-electron chi connectivity index (χ1n) is 11.3. The molecule has 9 heteroatoms. The van der Waals surface area contributed by atoms with Crippen LogP contribution in [0.1, 0.15) is 10.6 Å². The van der Waals surface area contributed by atoms with Crippen molar-refractivity contribution in [2.45, 2.75) is 6.92 Å². The summed E-state index contributed by atoms with van der Waals surface area (Å²) >= 11 is 1.75. The van der Waals surface area contributed by atoms with E-state index in [0.717, 1.165) is 57.5 Å². The Balaban J connectivity index is 1.38. The molecular formula is C26H23N7OS. The van der Waals surface area contributed by atoms with Gasteiger partial charge >= 0.3 is 0 Å². The number of allylic oxidation sites excluding steroid dienone is 1. The van der Waals surface area contributed by atoms with E-state index in [1.54, 1.807) is 30.8 Å². The van der Waals surface area contributed by atoms with Crippen molar-refractivity contribution in [3.8, 4) is 27.4 Å². The van der Waals surface area contributed by atoms with E-state index in [1.165, 1.54) is 9.75 Å². The fourth-order valence-corrected chi connectivity index (χ4v) is 5.07. The number of aromatic nitrogens is 3. The Morgan fingerprint density at radius 3 is 2.77 bits per heavy atom. The number of fused-ring (bicyclic) bond motifs is 2. The van der Waals surface area contributed by atoms with Gasteiger partial charge < -0.3 is 20.7 Å². The maximum absolute atomic E-state index is 5.34. The number of aryl methyl sites for hydroxylation is 1. The average molecular weight is 482 g/mol. The Hall–Kier alpha value is -4.24. The Bertz CT molecular complexity index is 1490. The highest BCUT2D eigenvalue weighted by atomic mass is 32.1. The summed E-state index contributed by atoms with van der Waals surface area (Å²) in [5.41, 5.74) is 8.01. The molecule has 0 radical (unpaired) electrons. The number of nitrogens with one attached hydrogen (secondary N) is 3. The second-order valence-corrected chi connectivity index (χ2v) is 9.50. The second-order valence-electron chi connectivity index (χ2n) is 8.21. The Labute approximate surface area is 206 Å². The highest BCUT2D eigenvalue weighted by molar-refractivity contribution is 7.15. The van der Waals surface area contributed by atoms with Crippen LogP contribution in [0.25, 0.3) is 21.7 Å². The first kappa shape index (κ1) is 21.3. The largest absolute Gasteiger partial charge is 0.495 e. The minimum Gasteiger partial charge on any atom is -0.495 e. The summed E-state index contributed by atoms with van der Waals surface area (Å²) in [7, 11) is 1.63. The van der Waals surface area contributed by atoms with Crippen molar-refractivity contribution in [2.75, 3.05) is 36.1 Å². The molecule has 0 amide bonds. The van der Waals surface area contributed by atoms with Crippen LogP contribution in [0.4, 0.5) is 17.1 Å². The highest BCUT2D eigenvalue weighted by Gasteiger charge is 2.24. The van der Waals surface area contributed by atoms with E-state index < -0.39 is 0 Å². The molecule has 0 aliphatic carbocycles. The number of hydrogen-bond donors (Lipinski definition) is 3. The van der Waals surface area contributed by atoms with Crippen LogP contribution in [0.2, 0.25) is 0 Å². The molecule has 0 saturated carbocycles. The maximum Gasteiger partial charge on any atom is 0.137 e.